The number of halogens is 1. The number of benzene rings is 3. The number of methoxy groups -OCH3 is 2. The van der Waals surface area contributed by atoms with Crippen LogP contribution < -0.4 is 19.1 Å². The van der Waals surface area contributed by atoms with Gasteiger partial charge in [-0.2, -0.15) is 0 Å². The summed E-state index contributed by atoms with van der Waals surface area (Å²) in [5.41, 5.74) is 2.48. The molecule has 3 rings (SSSR count). The van der Waals surface area contributed by atoms with Crippen LogP contribution in [0.25, 0.3) is 0 Å². The van der Waals surface area contributed by atoms with Gasteiger partial charge in [0, 0.05) is 19.2 Å². The lowest BCUT2D eigenvalue weighted by Gasteiger charge is -2.32. The second-order valence-corrected chi connectivity index (χ2v) is 11.5. The molecule has 41 heavy (non-hydrogen) atoms. The summed E-state index contributed by atoms with van der Waals surface area (Å²) in [6.07, 6.45) is 0. The number of aryl methyl sites for hydroxylation is 2. The number of amides is 2. The van der Waals surface area contributed by atoms with Crippen molar-refractivity contribution in [1.82, 2.24) is 10.2 Å². The monoisotopic (exact) mass is 585 g/mol. The molecule has 9 nitrogen and oxygen atoms in total. The normalized spacial score (nSPS) is 11.9. The van der Waals surface area contributed by atoms with Crippen molar-refractivity contribution in [3.63, 3.8) is 0 Å². The van der Waals surface area contributed by atoms with E-state index in [9.17, 15) is 22.4 Å². The molecule has 0 radical (unpaired) electrons. The molecule has 0 fully saturated rings. The van der Waals surface area contributed by atoms with E-state index < -0.39 is 40.2 Å². The zero-order valence-corrected chi connectivity index (χ0v) is 24.9. The lowest BCUT2D eigenvalue weighted by Crippen LogP contribution is -2.51. The first-order valence-corrected chi connectivity index (χ1v) is 14.5. The van der Waals surface area contributed by atoms with Crippen LogP contribution in [0.4, 0.5) is 10.1 Å². The Bertz CT molecular complexity index is 1470. The highest BCUT2D eigenvalue weighted by Crippen LogP contribution is 2.33. The minimum Gasteiger partial charge on any atom is -0.493 e. The Kier molecular flexibility index (Phi) is 10.3. The van der Waals surface area contributed by atoms with E-state index in [1.54, 1.807) is 26.0 Å². The second kappa shape index (κ2) is 13.5. The van der Waals surface area contributed by atoms with Gasteiger partial charge in [0.2, 0.25) is 11.8 Å². The average Bonchev–Trinajstić information content (AvgIpc) is 2.94. The van der Waals surface area contributed by atoms with Crippen LogP contribution in [0.2, 0.25) is 0 Å². The number of nitrogens with zero attached hydrogens (tertiary/aromatic N) is 2. The van der Waals surface area contributed by atoms with Crippen LogP contribution in [0.5, 0.6) is 11.5 Å². The first-order chi connectivity index (χ1) is 19.4. The Labute approximate surface area is 240 Å². The van der Waals surface area contributed by atoms with Crippen molar-refractivity contribution < 1.29 is 31.9 Å². The molecule has 0 bridgehead atoms. The summed E-state index contributed by atoms with van der Waals surface area (Å²) < 4.78 is 53.4. The van der Waals surface area contributed by atoms with E-state index in [0.29, 0.717) is 17.9 Å². The lowest BCUT2D eigenvalue weighted by atomic mass is 10.1. The van der Waals surface area contributed by atoms with E-state index in [4.69, 9.17) is 9.47 Å². The number of hydrogen-bond donors (Lipinski definition) is 1. The smallest absolute Gasteiger partial charge is 0.264 e. The van der Waals surface area contributed by atoms with Crippen LogP contribution in [0.3, 0.4) is 0 Å². The summed E-state index contributed by atoms with van der Waals surface area (Å²) in [7, 11) is -1.47. The Hall–Kier alpha value is -4.12. The molecule has 0 aliphatic carbocycles. The SMILES string of the molecule is CCNC(=O)C(C)N(Cc1ccc(F)cc1)C(=O)CN(c1cc(C)cc(C)c1)S(=O)(=O)c1ccc(OC)c(OC)c1. The van der Waals surface area contributed by atoms with Crippen molar-refractivity contribution in [1.29, 1.82) is 0 Å². The second-order valence-electron chi connectivity index (χ2n) is 9.59. The van der Waals surface area contributed by atoms with E-state index >= 15 is 0 Å². The van der Waals surface area contributed by atoms with Crippen molar-refractivity contribution in [3.05, 3.63) is 83.2 Å². The molecule has 1 atom stereocenters. The van der Waals surface area contributed by atoms with Crippen molar-refractivity contribution >= 4 is 27.5 Å². The van der Waals surface area contributed by atoms with Crippen molar-refractivity contribution in [2.24, 2.45) is 0 Å². The van der Waals surface area contributed by atoms with Crippen molar-refractivity contribution in [3.8, 4) is 11.5 Å². The number of carbonyl (C=O) groups is 2. The van der Waals surface area contributed by atoms with Crippen molar-refractivity contribution in [2.75, 3.05) is 31.6 Å². The Morgan fingerprint density at radius 2 is 1.54 bits per heavy atom. The molecule has 0 saturated heterocycles. The maximum absolute atomic E-state index is 14.1. The molecule has 2 amide bonds. The van der Waals surface area contributed by atoms with Crippen LogP contribution in [0.15, 0.2) is 65.6 Å². The minimum atomic E-state index is -4.31. The fourth-order valence-electron chi connectivity index (χ4n) is 4.42. The van der Waals surface area contributed by atoms with Gasteiger partial charge in [-0.05, 0) is 80.8 Å². The van der Waals surface area contributed by atoms with Gasteiger partial charge in [-0.1, -0.05) is 18.2 Å². The highest BCUT2D eigenvalue weighted by molar-refractivity contribution is 7.92. The molecule has 11 heteroatoms. The Morgan fingerprint density at radius 1 is 0.927 bits per heavy atom. The molecule has 1 unspecified atom stereocenters. The van der Waals surface area contributed by atoms with Gasteiger partial charge >= 0.3 is 0 Å². The van der Waals surface area contributed by atoms with Gasteiger partial charge in [0.05, 0.1) is 24.8 Å². The number of nitrogens with one attached hydrogen (secondary N) is 1. The van der Waals surface area contributed by atoms with E-state index in [1.807, 2.05) is 19.9 Å². The fraction of sp³-hybridized carbons (Fsp3) is 0.333. The first-order valence-electron chi connectivity index (χ1n) is 13.1. The topological polar surface area (TPSA) is 105 Å². The highest BCUT2D eigenvalue weighted by Gasteiger charge is 2.33. The highest BCUT2D eigenvalue weighted by atomic mass is 32.2. The minimum absolute atomic E-state index is 0.0332. The van der Waals surface area contributed by atoms with Gasteiger partial charge in [0.25, 0.3) is 10.0 Å². The van der Waals surface area contributed by atoms with Crippen molar-refractivity contribution in [2.45, 2.75) is 45.2 Å². The van der Waals surface area contributed by atoms with Gasteiger partial charge in [0.1, 0.15) is 18.4 Å². The van der Waals surface area contributed by atoms with Crippen LogP contribution in [0.1, 0.15) is 30.5 Å². The van der Waals surface area contributed by atoms with Gasteiger partial charge in [-0.25, -0.2) is 12.8 Å². The Morgan fingerprint density at radius 3 is 2.10 bits per heavy atom. The van der Waals surface area contributed by atoms with Gasteiger partial charge in [-0.15, -0.1) is 0 Å². The first kappa shape index (κ1) is 31.4. The molecule has 3 aromatic rings. The molecular formula is C30H36FN3O6S. The molecule has 0 saturated carbocycles. The molecule has 0 aliphatic rings. The molecule has 0 heterocycles. The molecule has 220 valence electrons. The van der Waals surface area contributed by atoms with E-state index in [-0.39, 0.29) is 22.9 Å². The van der Waals surface area contributed by atoms with Gasteiger partial charge in [0.15, 0.2) is 11.5 Å². The fourth-order valence-corrected chi connectivity index (χ4v) is 5.83. The van der Waals surface area contributed by atoms with Gasteiger partial charge < -0.3 is 19.7 Å². The number of anilines is 1. The largest absolute Gasteiger partial charge is 0.493 e. The third-order valence-electron chi connectivity index (χ3n) is 6.50. The molecular weight excluding hydrogens is 549 g/mol. The van der Waals surface area contributed by atoms with Crippen LogP contribution in [-0.2, 0) is 26.2 Å². The number of ether oxygens (including phenoxy) is 2. The van der Waals surface area contributed by atoms with Gasteiger partial charge in [-0.3, -0.25) is 13.9 Å². The maximum Gasteiger partial charge on any atom is 0.264 e. The maximum atomic E-state index is 14.1. The average molecular weight is 586 g/mol. The number of sulfonamides is 1. The number of rotatable bonds is 12. The van der Waals surface area contributed by atoms with Crippen LogP contribution in [0, 0.1) is 19.7 Å². The molecule has 0 spiro atoms. The third kappa shape index (κ3) is 7.55. The standard InChI is InChI=1S/C30H36FN3O6S/c1-7-32-30(36)22(4)33(18-23-8-10-24(31)11-9-23)29(35)19-34(25-15-20(2)14-21(3)16-25)41(37,38)26-12-13-27(39-5)28(17-26)40-6/h8-17,22H,7,18-19H2,1-6H3,(H,32,36). The quantitative estimate of drug-likeness (QED) is 0.342. The molecule has 1 N–H and O–H groups in total. The van der Waals surface area contributed by atoms with E-state index in [2.05, 4.69) is 5.32 Å². The predicted molar refractivity (Wildman–Crippen MR) is 155 cm³/mol. The summed E-state index contributed by atoms with van der Waals surface area (Å²) in [4.78, 5) is 27.9. The summed E-state index contributed by atoms with van der Waals surface area (Å²) in [5, 5.41) is 2.70. The van der Waals surface area contributed by atoms with Crippen LogP contribution >= 0.6 is 0 Å². The zero-order valence-electron chi connectivity index (χ0n) is 24.1. The van der Waals surface area contributed by atoms with E-state index in [1.165, 1.54) is 61.6 Å². The molecule has 3 aromatic carbocycles. The summed E-state index contributed by atoms with van der Waals surface area (Å²) in [5.74, 6) is -0.893. The molecule has 0 aromatic heterocycles. The Balaban J connectivity index is 2.10. The predicted octanol–water partition coefficient (Wildman–Crippen LogP) is 4.21. The third-order valence-corrected chi connectivity index (χ3v) is 8.27. The number of hydrogen-bond acceptors (Lipinski definition) is 6. The zero-order chi connectivity index (χ0) is 30.3. The van der Waals surface area contributed by atoms with Crippen LogP contribution in [-0.4, -0.2) is 58.5 Å². The summed E-state index contributed by atoms with van der Waals surface area (Å²) >= 11 is 0. The summed E-state index contributed by atoms with van der Waals surface area (Å²) in [6.45, 7) is 6.71. The molecule has 0 aliphatic heterocycles. The van der Waals surface area contributed by atoms with E-state index in [0.717, 1.165) is 15.4 Å². The summed E-state index contributed by atoms with van der Waals surface area (Å²) in [6, 6.07) is 14.1. The number of likely N-dealkylation sites (N-methyl/N-ethyl adjacent to an activating group) is 1. The lowest BCUT2D eigenvalue weighted by molar-refractivity contribution is -0.139. The number of carbonyl (C=O) groups excluding carboxylic acids is 2.